The number of para-hydroxylation sites is 1. The van der Waals surface area contributed by atoms with E-state index in [2.05, 4.69) is 30.9 Å². The molecule has 0 spiro atoms. The fourth-order valence-corrected chi connectivity index (χ4v) is 2.80. The lowest BCUT2D eigenvalue weighted by atomic mass is 9.97. The molecule has 92 valence electrons. The minimum atomic E-state index is -1.31. The number of halogens is 3. The van der Waals surface area contributed by atoms with Gasteiger partial charge in [0.05, 0.1) is 6.04 Å². The van der Waals surface area contributed by atoms with Gasteiger partial charge in [-0.3, -0.25) is 0 Å². The highest BCUT2D eigenvalue weighted by atomic mass is 35.6. The van der Waals surface area contributed by atoms with Crippen molar-refractivity contribution in [2.24, 2.45) is 0 Å². The van der Waals surface area contributed by atoms with E-state index in [-0.39, 0.29) is 6.04 Å². The molecule has 4 heteroatoms. The monoisotopic (exact) mass is 289 g/mol. The van der Waals surface area contributed by atoms with Gasteiger partial charge in [0.25, 0.3) is 0 Å². The smallest absolute Gasteiger partial charge is 0.214 e. The van der Waals surface area contributed by atoms with Crippen LogP contribution in [0, 0.1) is 0 Å². The topological polar surface area (TPSA) is 3.24 Å². The molecular weight excluding hydrogens is 277 g/mol. The van der Waals surface area contributed by atoms with Crippen LogP contribution in [0.2, 0.25) is 0 Å². The summed E-state index contributed by atoms with van der Waals surface area (Å²) in [4.78, 5) is 2.12. The van der Waals surface area contributed by atoms with Gasteiger partial charge in [0.15, 0.2) is 0 Å². The standard InChI is InChI=1S/C13H14Cl3N/c1-3-17-11-7-5-4-6-10(11)9(2)8-12(17)13(14,15)16/h4-8,12H,3H2,1-2H3/t12-/m0/s1. The van der Waals surface area contributed by atoms with Gasteiger partial charge in [0.2, 0.25) is 3.79 Å². The third-order valence-corrected chi connectivity index (χ3v) is 3.73. The summed E-state index contributed by atoms with van der Waals surface area (Å²) in [6, 6.07) is 7.99. The number of hydrogen-bond donors (Lipinski definition) is 0. The van der Waals surface area contributed by atoms with E-state index in [4.69, 9.17) is 34.8 Å². The number of allylic oxidation sites excluding steroid dienone is 1. The van der Waals surface area contributed by atoms with E-state index in [9.17, 15) is 0 Å². The summed E-state index contributed by atoms with van der Waals surface area (Å²) in [5.41, 5.74) is 3.49. The minimum absolute atomic E-state index is 0.215. The first-order valence-electron chi connectivity index (χ1n) is 5.56. The number of likely N-dealkylation sites (N-methyl/N-ethyl adjacent to an activating group) is 1. The van der Waals surface area contributed by atoms with Crippen molar-refractivity contribution in [2.75, 3.05) is 11.4 Å². The Kier molecular flexibility index (Phi) is 3.63. The molecule has 0 N–H and O–H groups in total. The second-order valence-corrected chi connectivity index (χ2v) is 6.51. The fraction of sp³-hybridized carbons (Fsp3) is 0.385. The van der Waals surface area contributed by atoms with Crippen molar-refractivity contribution < 1.29 is 0 Å². The molecule has 1 atom stereocenters. The highest BCUT2D eigenvalue weighted by Crippen LogP contribution is 2.42. The predicted molar refractivity (Wildman–Crippen MR) is 77.2 cm³/mol. The van der Waals surface area contributed by atoms with Crippen molar-refractivity contribution in [3.8, 4) is 0 Å². The molecular formula is C13H14Cl3N. The van der Waals surface area contributed by atoms with E-state index in [0.29, 0.717) is 0 Å². The summed E-state index contributed by atoms with van der Waals surface area (Å²) < 4.78 is -1.31. The van der Waals surface area contributed by atoms with Crippen molar-refractivity contribution in [1.29, 1.82) is 0 Å². The van der Waals surface area contributed by atoms with Gasteiger partial charge in [0.1, 0.15) is 0 Å². The molecule has 0 aromatic heterocycles. The third-order valence-electron chi connectivity index (χ3n) is 3.06. The lowest BCUT2D eigenvalue weighted by molar-refractivity contribution is 0.708. The third kappa shape index (κ3) is 2.42. The van der Waals surface area contributed by atoms with Gasteiger partial charge in [0, 0.05) is 17.8 Å². The molecule has 1 aliphatic heterocycles. The molecule has 0 radical (unpaired) electrons. The Bertz CT molecular complexity index is 448. The average molecular weight is 291 g/mol. The zero-order valence-corrected chi connectivity index (χ0v) is 12.0. The van der Waals surface area contributed by atoms with E-state index in [0.717, 1.165) is 17.8 Å². The first-order chi connectivity index (χ1) is 7.95. The second kappa shape index (κ2) is 4.72. The summed E-state index contributed by atoms with van der Waals surface area (Å²) in [5, 5.41) is 0. The van der Waals surface area contributed by atoms with Gasteiger partial charge >= 0.3 is 0 Å². The Morgan fingerprint density at radius 1 is 1.24 bits per heavy atom. The molecule has 1 heterocycles. The Hall–Kier alpha value is -0.370. The van der Waals surface area contributed by atoms with Crippen LogP contribution in [0.5, 0.6) is 0 Å². The first-order valence-corrected chi connectivity index (χ1v) is 6.69. The summed E-state index contributed by atoms with van der Waals surface area (Å²) in [5.74, 6) is 0. The van der Waals surface area contributed by atoms with Crippen LogP contribution >= 0.6 is 34.8 Å². The van der Waals surface area contributed by atoms with Crippen LogP contribution in [-0.2, 0) is 0 Å². The van der Waals surface area contributed by atoms with E-state index in [1.807, 2.05) is 18.2 Å². The molecule has 0 saturated carbocycles. The number of anilines is 1. The molecule has 0 fully saturated rings. The minimum Gasteiger partial charge on any atom is -0.361 e. The maximum absolute atomic E-state index is 6.06. The van der Waals surface area contributed by atoms with Gasteiger partial charge in [-0.1, -0.05) is 59.1 Å². The van der Waals surface area contributed by atoms with Crippen molar-refractivity contribution in [3.05, 3.63) is 35.9 Å². The van der Waals surface area contributed by atoms with Gasteiger partial charge in [-0.25, -0.2) is 0 Å². The van der Waals surface area contributed by atoms with Crippen LogP contribution in [0.25, 0.3) is 5.57 Å². The van der Waals surface area contributed by atoms with Crippen LogP contribution in [0.3, 0.4) is 0 Å². The SMILES string of the molecule is CCN1c2ccccc2C(C)=C[C@H]1C(Cl)(Cl)Cl. The number of rotatable bonds is 1. The Morgan fingerprint density at radius 2 is 1.88 bits per heavy atom. The van der Waals surface area contributed by atoms with Crippen LogP contribution < -0.4 is 4.90 Å². The number of nitrogens with zero attached hydrogens (tertiary/aromatic N) is 1. The van der Waals surface area contributed by atoms with Crippen LogP contribution in [-0.4, -0.2) is 16.4 Å². The molecule has 0 saturated heterocycles. The predicted octanol–water partition coefficient (Wildman–Crippen LogP) is 4.67. The van der Waals surface area contributed by atoms with E-state index >= 15 is 0 Å². The van der Waals surface area contributed by atoms with Crippen molar-refractivity contribution >= 4 is 46.1 Å². The average Bonchev–Trinajstić information content (AvgIpc) is 2.28. The lowest BCUT2D eigenvalue weighted by Gasteiger charge is -2.39. The molecule has 17 heavy (non-hydrogen) atoms. The second-order valence-electron chi connectivity index (χ2n) is 4.14. The lowest BCUT2D eigenvalue weighted by Crippen LogP contribution is -2.45. The summed E-state index contributed by atoms with van der Waals surface area (Å²) >= 11 is 18.2. The highest BCUT2D eigenvalue weighted by molar-refractivity contribution is 6.68. The van der Waals surface area contributed by atoms with Crippen molar-refractivity contribution in [2.45, 2.75) is 23.7 Å². The van der Waals surface area contributed by atoms with Crippen LogP contribution in [0.1, 0.15) is 19.4 Å². The molecule has 1 aliphatic rings. The van der Waals surface area contributed by atoms with Gasteiger partial charge in [-0.15, -0.1) is 0 Å². The van der Waals surface area contributed by atoms with Crippen molar-refractivity contribution in [1.82, 2.24) is 0 Å². The molecule has 1 nitrogen and oxygen atoms in total. The summed E-state index contributed by atoms with van der Waals surface area (Å²) in [6.45, 7) is 4.92. The van der Waals surface area contributed by atoms with E-state index < -0.39 is 3.79 Å². The molecule has 0 aliphatic carbocycles. The van der Waals surface area contributed by atoms with E-state index in [1.54, 1.807) is 0 Å². The largest absolute Gasteiger partial charge is 0.361 e. The number of alkyl halides is 3. The van der Waals surface area contributed by atoms with Gasteiger partial charge in [-0.05, 0) is 25.5 Å². The van der Waals surface area contributed by atoms with Crippen molar-refractivity contribution in [3.63, 3.8) is 0 Å². The Morgan fingerprint density at radius 3 is 2.47 bits per heavy atom. The highest BCUT2D eigenvalue weighted by Gasteiger charge is 2.38. The zero-order valence-electron chi connectivity index (χ0n) is 9.75. The van der Waals surface area contributed by atoms with E-state index in [1.165, 1.54) is 5.56 Å². The maximum Gasteiger partial charge on any atom is 0.214 e. The van der Waals surface area contributed by atoms with Gasteiger partial charge in [-0.2, -0.15) is 0 Å². The Labute approximate surface area is 117 Å². The number of benzene rings is 1. The summed E-state index contributed by atoms with van der Waals surface area (Å²) in [6.07, 6.45) is 2.03. The Balaban J connectivity index is 2.54. The normalized spacial score (nSPS) is 19.9. The zero-order chi connectivity index (χ0) is 12.6. The number of fused-ring (bicyclic) bond motifs is 1. The molecule has 2 rings (SSSR count). The molecule has 0 amide bonds. The van der Waals surface area contributed by atoms with Gasteiger partial charge < -0.3 is 4.90 Å². The van der Waals surface area contributed by atoms with Crippen LogP contribution in [0.4, 0.5) is 5.69 Å². The first kappa shape index (κ1) is 13.1. The quantitative estimate of drug-likeness (QED) is 0.679. The molecule has 0 unspecified atom stereocenters. The molecule has 1 aromatic rings. The molecule has 1 aromatic carbocycles. The van der Waals surface area contributed by atoms with Crippen LogP contribution in [0.15, 0.2) is 30.3 Å². The number of hydrogen-bond acceptors (Lipinski definition) is 1. The summed E-state index contributed by atoms with van der Waals surface area (Å²) in [7, 11) is 0. The maximum atomic E-state index is 6.06. The molecule has 0 bridgehead atoms. The fourth-order valence-electron chi connectivity index (χ4n) is 2.26.